The Morgan fingerprint density at radius 2 is 1.86 bits per heavy atom. The van der Waals surface area contributed by atoms with Gasteiger partial charge in [0.1, 0.15) is 0 Å². The quantitative estimate of drug-likeness (QED) is 0.531. The molecule has 0 fully saturated rings. The van der Waals surface area contributed by atoms with E-state index in [9.17, 15) is 13.2 Å². The van der Waals surface area contributed by atoms with Crippen molar-refractivity contribution < 1.29 is 13.2 Å². The Balaban J connectivity index is 3.15. The lowest BCUT2D eigenvalue weighted by atomic mass is 10.4. The predicted molar refractivity (Wildman–Crippen MR) is 19.4 cm³/mol. The molecule has 0 heterocycles. The lowest BCUT2D eigenvalue weighted by molar-refractivity contribution is -0.0962. The van der Waals surface area contributed by atoms with E-state index < -0.39 is 12.7 Å². The van der Waals surface area contributed by atoms with Crippen molar-refractivity contribution in [2.75, 3.05) is 6.54 Å². The van der Waals surface area contributed by atoms with E-state index in [2.05, 4.69) is 5.73 Å². The van der Waals surface area contributed by atoms with Crippen LogP contribution in [0.4, 0.5) is 13.2 Å². The molecule has 1 radical (unpaired) electrons. The second-order valence-corrected chi connectivity index (χ2v) is 0.981. The highest BCUT2D eigenvalue weighted by atomic mass is 19.4. The molecule has 0 saturated heterocycles. The molecule has 1 nitrogen and oxygen atoms in total. The van der Waals surface area contributed by atoms with E-state index in [1.54, 1.807) is 0 Å². The van der Waals surface area contributed by atoms with Crippen LogP contribution in [-0.2, 0) is 0 Å². The van der Waals surface area contributed by atoms with Gasteiger partial charge in [0.05, 0.1) is 6.42 Å². The predicted octanol–water partition coefficient (Wildman–Crippen LogP) is 0.712. The van der Waals surface area contributed by atoms with Gasteiger partial charge in [0, 0.05) is 6.54 Å². The van der Waals surface area contributed by atoms with Crippen LogP contribution in [0.5, 0.6) is 0 Å². The van der Waals surface area contributed by atoms with Crippen molar-refractivity contribution >= 4 is 0 Å². The van der Waals surface area contributed by atoms with E-state index in [-0.39, 0.29) is 6.42 Å². The van der Waals surface area contributed by atoms with Crippen LogP contribution in [-0.4, -0.2) is 12.7 Å². The zero-order chi connectivity index (χ0) is 5.91. The molecule has 0 aromatic heterocycles. The van der Waals surface area contributed by atoms with Gasteiger partial charge >= 0.3 is 6.18 Å². The van der Waals surface area contributed by atoms with Crippen LogP contribution in [0.15, 0.2) is 0 Å². The van der Waals surface area contributed by atoms with Crippen LogP contribution >= 0.6 is 0 Å². The Morgan fingerprint density at radius 1 is 1.43 bits per heavy atom. The van der Waals surface area contributed by atoms with E-state index in [1.807, 2.05) is 0 Å². The molecular formula is C3H5F3N. The fraction of sp³-hybridized carbons (Fsp3) is 0.667. The Labute approximate surface area is 39.3 Å². The van der Waals surface area contributed by atoms with Crippen molar-refractivity contribution in [1.29, 1.82) is 0 Å². The van der Waals surface area contributed by atoms with Crippen molar-refractivity contribution in [2.24, 2.45) is 5.73 Å². The third-order valence-electron chi connectivity index (χ3n) is 0.349. The average Bonchev–Trinajstić information content (AvgIpc) is 1.30. The van der Waals surface area contributed by atoms with Gasteiger partial charge in [-0.2, -0.15) is 13.2 Å². The first-order chi connectivity index (χ1) is 3.06. The average molecular weight is 112 g/mol. The first-order valence-corrected chi connectivity index (χ1v) is 1.67. The largest absolute Gasteiger partial charge is 0.393 e. The summed E-state index contributed by atoms with van der Waals surface area (Å²) in [5.74, 6) is 0. The Hall–Kier alpha value is -0.250. The summed E-state index contributed by atoms with van der Waals surface area (Å²) in [7, 11) is 0. The lowest BCUT2D eigenvalue weighted by Crippen LogP contribution is -2.15. The number of hydrogen-bond acceptors (Lipinski definition) is 1. The molecule has 4 heteroatoms. The summed E-state index contributed by atoms with van der Waals surface area (Å²) in [5, 5.41) is 0. The minimum atomic E-state index is -4.20. The zero-order valence-corrected chi connectivity index (χ0v) is 3.50. The monoisotopic (exact) mass is 112 g/mol. The van der Waals surface area contributed by atoms with Gasteiger partial charge < -0.3 is 5.73 Å². The summed E-state index contributed by atoms with van der Waals surface area (Å²) >= 11 is 0. The highest BCUT2D eigenvalue weighted by molar-refractivity contribution is 4.73. The first-order valence-electron chi connectivity index (χ1n) is 1.67. The fourth-order valence-electron chi connectivity index (χ4n) is 0.134. The van der Waals surface area contributed by atoms with E-state index >= 15 is 0 Å². The molecule has 0 unspecified atom stereocenters. The molecule has 0 bridgehead atoms. The maximum Gasteiger partial charge on any atom is 0.393 e. The van der Waals surface area contributed by atoms with Crippen LogP contribution in [0, 0.1) is 6.42 Å². The summed E-state index contributed by atoms with van der Waals surface area (Å²) in [6.07, 6.45) is -4.11. The van der Waals surface area contributed by atoms with Crippen LogP contribution in [0.3, 0.4) is 0 Å². The van der Waals surface area contributed by atoms with Gasteiger partial charge in [-0.25, -0.2) is 0 Å². The molecule has 7 heavy (non-hydrogen) atoms. The van der Waals surface area contributed by atoms with E-state index in [1.165, 1.54) is 0 Å². The van der Waals surface area contributed by atoms with Crippen molar-refractivity contribution in [1.82, 2.24) is 0 Å². The molecule has 0 rings (SSSR count). The lowest BCUT2D eigenvalue weighted by Gasteiger charge is -1.99. The summed E-state index contributed by atoms with van der Waals surface area (Å²) in [4.78, 5) is 0. The Bertz CT molecular complexity index is 48.6. The van der Waals surface area contributed by atoms with Crippen molar-refractivity contribution in [3.63, 3.8) is 0 Å². The molecular weight excluding hydrogens is 107 g/mol. The number of nitrogens with two attached hydrogens (primary N) is 1. The molecule has 0 amide bonds. The summed E-state index contributed by atoms with van der Waals surface area (Å²) in [6.45, 7) is -0.441. The number of halogens is 3. The number of hydrogen-bond donors (Lipinski definition) is 1. The van der Waals surface area contributed by atoms with Gasteiger partial charge in [-0.15, -0.1) is 0 Å². The minimum Gasteiger partial charge on any atom is -0.330 e. The van der Waals surface area contributed by atoms with E-state index in [0.29, 0.717) is 0 Å². The van der Waals surface area contributed by atoms with Crippen molar-refractivity contribution in [2.45, 2.75) is 6.18 Å². The molecule has 0 saturated carbocycles. The van der Waals surface area contributed by atoms with Gasteiger partial charge in [-0.3, -0.25) is 0 Å². The van der Waals surface area contributed by atoms with Gasteiger partial charge in [-0.1, -0.05) is 0 Å². The normalized spacial score (nSPS) is 12.0. The smallest absolute Gasteiger partial charge is 0.330 e. The molecule has 0 spiro atoms. The maximum atomic E-state index is 10.9. The highest BCUT2D eigenvalue weighted by Gasteiger charge is 2.25. The van der Waals surface area contributed by atoms with Crippen LogP contribution in [0.25, 0.3) is 0 Å². The Kier molecular flexibility index (Phi) is 2.08. The summed E-state index contributed by atoms with van der Waals surface area (Å²) in [6, 6.07) is 0. The van der Waals surface area contributed by atoms with E-state index in [4.69, 9.17) is 0 Å². The van der Waals surface area contributed by atoms with Crippen LogP contribution in [0.1, 0.15) is 0 Å². The standard InChI is InChI=1S/C3H5F3N/c4-3(5,6)1-2-7/h1H,2,7H2. The fourth-order valence-corrected chi connectivity index (χ4v) is 0.134. The molecule has 2 N–H and O–H groups in total. The SMILES string of the molecule is NC[CH]C(F)(F)F. The molecule has 0 aliphatic carbocycles. The summed E-state index contributed by atoms with van der Waals surface area (Å²) in [5.41, 5.74) is 4.54. The zero-order valence-electron chi connectivity index (χ0n) is 3.50. The van der Waals surface area contributed by atoms with Crippen molar-refractivity contribution in [3.8, 4) is 0 Å². The maximum absolute atomic E-state index is 10.9. The van der Waals surface area contributed by atoms with Gasteiger partial charge in [0.25, 0.3) is 0 Å². The second-order valence-electron chi connectivity index (χ2n) is 0.981. The van der Waals surface area contributed by atoms with Crippen LogP contribution < -0.4 is 5.73 Å². The minimum absolute atomic E-state index is 0.0903. The van der Waals surface area contributed by atoms with Crippen molar-refractivity contribution in [3.05, 3.63) is 6.42 Å². The molecule has 43 valence electrons. The Morgan fingerprint density at radius 3 is 1.86 bits per heavy atom. The highest BCUT2D eigenvalue weighted by Crippen LogP contribution is 2.16. The molecule has 0 aromatic rings. The summed E-state index contributed by atoms with van der Waals surface area (Å²) < 4.78 is 32.8. The topological polar surface area (TPSA) is 26.0 Å². The third kappa shape index (κ3) is 5.75. The number of alkyl halides is 3. The van der Waals surface area contributed by atoms with E-state index in [0.717, 1.165) is 0 Å². The number of rotatable bonds is 1. The molecule has 0 atom stereocenters. The van der Waals surface area contributed by atoms with Gasteiger partial charge in [0.15, 0.2) is 0 Å². The second kappa shape index (κ2) is 2.16. The van der Waals surface area contributed by atoms with Gasteiger partial charge in [0.2, 0.25) is 0 Å². The molecule has 0 aromatic carbocycles. The molecule has 0 aliphatic heterocycles. The third-order valence-corrected chi connectivity index (χ3v) is 0.349. The molecule has 0 aliphatic rings. The van der Waals surface area contributed by atoms with Gasteiger partial charge in [-0.05, 0) is 0 Å². The first kappa shape index (κ1) is 6.75. The van der Waals surface area contributed by atoms with Crippen LogP contribution in [0.2, 0.25) is 0 Å².